The lowest BCUT2D eigenvalue weighted by atomic mass is 9.92. The van der Waals surface area contributed by atoms with E-state index in [0.29, 0.717) is 10.6 Å². The van der Waals surface area contributed by atoms with E-state index in [1.807, 2.05) is 18.2 Å². The molecule has 0 atom stereocenters. The second-order valence-corrected chi connectivity index (χ2v) is 9.53. The number of rotatable bonds is 7. The Labute approximate surface area is 196 Å². The zero-order chi connectivity index (χ0) is 22.3. The Kier molecular flexibility index (Phi) is 8.06. The van der Waals surface area contributed by atoms with Gasteiger partial charge in [-0.15, -0.1) is 0 Å². The lowest BCUT2D eigenvalue weighted by Gasteiger charge is -2.36. The van der Waals surface area contributed by atoms with Crippen LogP contribution in [0.3, 0.4) is 0 Å². The van der Waals surface area contributed by atoms with Crippen LogP contribution < -0.4 is 10.2 Å². The van der Waals surface area contributed by atoms with Gasteiger partial charge in [-0.1, -0.05) is 30.2 Å². The summed E-state index contributed by atoms with van der Waals surface area (Å²) < 4.78 is 0. The average molecular weight is 456 g/mol. The molecule has 2 heterocycles. The van der Waals surface area contributed by atoms with E-state index in [-0.39, 0.29) is 12.5 Å². The third-order valence-electron chi connectivity index (χ3n) is 6.84. The van der Waals surface area contributed by atoms with E-state index in [2.05, 4.69) is 15.1 Å². The molecule has 32 heavy (non-hydrogen) atoms. The van der Waals surface area contributed by atoms with Crippen molar-refractivity contribution in [1.29, 1.82) is 0 Å². The molecule has 0 saturated carbocycles. The lowest BCUT2D eigenvalue weighted by molar-refractivity contribution is 0.102. The van der Waals surface area contributed by atoms with Crippen molar-refractivity contribution in [3.63, 3.8) is 0 Å². The summed E-state index contributed by atoms with van der Waals surface area (Å²) in [5, 5.41) is 13.2. The largest absolute Gasteiger partial charge is 0.392 e. The van der Waals surface area contributed by atoms with Gasteiger partial charge in [-0.3, -0.25) is 4.79 Å². The first-order valence-corrected chi connectivity index (χ1v) is 12.3. The highest BCUT2D eigenvalue weighted by Crippen LogP contribution is 2.32. The molecule has 2 saturated heterocycles. The highest BCUT2D eigenvalue weighted by atomic mass is 35.5. The Morgan fingerprint density at radius 1 is 1.03 bits per heavy atom. The smallest absolute Gasteiger partial charge is 0.255 e. The van der Waals surface area contributed by atoms with Crippen molar-refractivity contribution in [3.8, 4) is 0 Å². The highest BCUT2D eigenvalue weighted by molar-refractivity contribution is 6.31. The van der Waals surface area contributed by atoms with Crippen LogP contribution in [0.5, 0.6) is 0 Å². The Morgan fingerprint density at radius 3 is 2.53 bits per heavy atom. The Bertz CT molecular complexity index is 906. The molecule has 2 aliphatic rings. The third kappa shape index (κ3) is 6.03. The molecule has 0 aliphatic carbocycles. The SMILES string of the molecule is O=C(Nc1cc(CO)ccc1N1CCC(CCN2CCCCC2)CC1)c1cccc(Cl)c1. The first-order valence-electron chi connectivity index (χ1n) is 11.9. The minimum absolute atomic E-state index is 0.0567. The number of carbonyl (C=O) groups excluding carboxylic acids is 1. The van der Waals surface area contributed by atoms with E-state index in [9.17, 15) is 9.90 Å². The summed E-state index contributed by atoms with van der Waals surface area (Å²) in [6.45, 7) is 5.69. The second kappa shape index (κ2) is 11.2. The zero-order valence-corrected chi connectivity index (χ0v) is 19.5. The first kappa shape index (κ1) is 23.1. The number of benzene rings is 2. The number of hydrogen-bond donors (Lipinski definition) is 2. The van der Waals surface area contributed by atoms with Crippen LogP contribution in [-0.2, 0) is 6.61 Å². The van der Waals surface area contributed by atoms with Crippen molar-refractivity contribution in [1.82, 2.24) is 4.90 Å². The fraction of sp³-hybridized carbons (Fsp3) is 0.500. The molecule has 0 spiro atoms. The molecule has 2 aromatic carbocycles. The quantitative estimate of drug-likeness (QED) is 0.604. The Morgan fingerprint density at radius 2 is 1.81 bits per heavy atom. The maximum Gasteiger partial charge on any atom is 0.255 e. The van der Waals surface area contributed by atoms with Gasteiger partial charge < -0.3 is 20.2 Å². The summed E-state index contributed by atoms with van der Waals surface area (Å²) in [5.74, 6) is 0.578. The summed E-state index contributed by atoms with van der Waals surface area (Å²) in [7, 11) is 0. The average Bonchev–Trinajstić information content (AvgIpc) is 2.84. The Balaban J connectivity index is 1.39. The summed E-state index contributed by atoms with van der Waals surface area (Å²) in [4.78, 5) is 17.8. The van der Waals surface area contributed by atoms with Crippen molar-refractivity contribution in [2.75, 3.05) is 42.9 Å². The number of anilines is 2. The van der Waals surface area contributed by atoms with Crippen molar-refractivity contribution in [3.05, 3.63) is 58.6 Å². The number of nitrogens with one attached hydrogen (secondary N) is 1. The van der Waals surface area contributed by atoms with E-state index in [1.165, 1.54) is 58.2 Å². The van der Waals surface area contributed by atoms with Gasteiger partial charge in [0.05, 0.1) is 18.0 Å². The predicted molar refractivity (Wildman–Crippen MR) is 132 cm³/mol. The monoisotopic (exact) mass is 455 g/mol. The van der Waals surface area contributed by atoms with E-state index in [1.54, 1.807) is 24.3 Å². The van der Waals surface area contributed by atoms with Crippen LogP contribution in [0.2, 0.25) is 5.02 Å². The van der Waals surface area contributed by atoms with Crippen LogP contribution in [0, 0.1) is 5.92 Å². The molecule has 2 aliphatic heterocycles. The van der Waals surface area contributed by atoms with Gasteiger partial charge in [0.1, 0.15) is 0 Å². The maximum atomic E-state index is 12.8. The number of hydrogen-bond acceptors (Lipinski definition) is 4. The van der Waals surface area contributed by atoms with Crippen LogP contribution in [0.15, 0.2) is 42.5 Å². The second-order valence-electron chi connectivity index (χ2n) is 9.10. The molecule has 0 unspecified atom stereocenters. The molecule has 5 nitrogen and oxygen atoms in total. The molecule has 1 amide bonds. The topological polar surface area (TPSA) is 55.8 Å². The van der Waals surface area contributed by atoms with Crippen molar-refractivity contribution < 1.29 is 9.90 Å². The number of piperidine rings is 2. The Hall–Kier alpha value is -2.08. The van der Waals surface area contributed by atoms with Crippen LogP contribution >= 0.6 is 11.6 Å². The van der Waals surface area contributed by atoms with Crippen LogP contribution in [-0.4, -0.2) is 48.6 Å². The van der Waals surface area contributed by atoms with Crippen LogP contribution in [0.25, 0.3) is 0 Å². The van der Waals surface area contributed by atoms with E-state index in [0.717, 1.165) is 35.9 Å². The molecule has 2 aromatic rings. The molecule has 0 radical (unpaired) electrons. The van der Waals surface area contributed by atoms with Gasteiger partial charge in [0.25, 0.3) is 5.91 Å². The maximum absolute atomic E-state index is 12.8. The minimum Gasteiger partial charge on any atom is -0.392 e. The fourth-order valence-electron chi connectivity index (χ4n) is 4.89. The normalized spacial score (nSPS) is 18.0. The van der Waals surface area contributed by atoms with E-state index >= 15 is 0 Å². The molecule has 6 heteroatoms. The number of carbonyl (C=O) groups is 1. The number of aliphatic hydroxyl groups is 1. The molecule has 172 valence electrons. The van der Waals surface area contributed by atoms with Gasteiger partial charge in [-0.25, -0.2) is 0 Å². The summed E-state index contributed by atoms with van der Waals surface area (Å²) >= 11 is 6.06. The summed E-state index contributed by atoms with van der Waals surface area (Å²) in [6.07, 6.45) is 7.74. The number of halogens is 1. The van der Waals surface area contributed by atoms with Crippen molar-refractivity contribution in [2.45, 2.75) is 45.1 Å². The van der Waals surface area contributed by atoms with E-state index < -0.39 is 0 Å². The highest BCUT2D eigenvalue weighted by Gasteiger charge is 2.23. The van der Waals surface area contributed by atoms with Gasteiger partial charge in [0, 0.05) is 23.7 Å². The number of nitrogens with zero attached hydrogens (tertiary/aromatic N) is 2. The van der Waals surface area contributed by atoms with Gasteiger partial charge >= 0.3 is 0 Å². The fourth-order valence-corrected chi connectivity index (χ4v) is 5.08. The molecule has 0 bridgehead atoms. The van der Waals surface area contributed by atoms with Gasteiger partial charge in [0.15, 0.2) is 0 Å². The molecule has 2 fully saturated rings. The predicted octanol–water partition coefficient (Wildman–Crippen LogP) is 5.18. The third-order valence-corrected chi connectivity index (χ3v) is 7.07. The summed E-state index contributed by atoms with van der Waals surface area (Å²) in [6, 6.07) is 12.8. The van der Waals surface area contributed by atoms with Gasteiger partial charge in [-0.2, -0.15) is 0 Å². The molecule has 0 aromatic heterocycles. The van der Waals surface area contributed by atoms with Crippen molar-refractivity contribution >= 4 is 28.9 Å². The molecule has 2 N–H and O–H groups in total. The molecular weight excluding hydrogens is 422 g/mol. The molecule has 4 rings (SSSR count). The van der Waals surface area contributed by atoms with Gasteiger partial charge in [-0.05, 0) is 93.6 Å². The lowest BCUT2D eigenvalue weighted by Crippen LogP contribution is -2.36. The van der Waals surface area contributed by atoms with Gasteiger partial charge in [0.2, 0.25) is 0 Å². The molecular formula is C26H34ClN3O2. The van der Waals surface area contributed by atoms with Crippen LogP contribution in [0.4, 0.5) is 11.4 Å². The van der Waals surface area contributed by atoms with E-state index in [4.69, 9.17) is 11.6 Å². The standard InChI is InChI=1S/C26H34ClN3O2/c27-23-6-4-5-22(18-23)26(32)28-24-17-21(19-31)7-8-25(24)30-15-10-20(11-16-30)9-14-29-12-2-1-3-13-29/h4-8,17-18,20,31H,1-3,9-16,19H2,(H,28,32). The van der Waals surface area contributed by atoms with Crippen molar-refractivity contribution in [2.24, 2.45) is 5.92 Å². The zero-order valence-electron chi connectivity index (χ0n) is 18.7. The minimum atomic E-state index is -0.194. The summed E-state index contributed by atoms with van der Waals surface area (Å²) in [5.41, 5.74) is 3.07. The number of likely N-dealkylation sites (tertiary alicyclic amines) is 1. The number of amides is 1. The van der Waals surface area contributed by atoms with Crippen LogP contribution in [0.1, 0.15) is 54.4 Å². The number of aliphatic hydroxyl groups excluding tert-OH is 1. The first-order chi connectivity index (χ1) is 15.6.